The molecule has 150 valence electrons. The molecule has 0 spiro atoms. The summed E-state index contributed by atoms with van der Waals surface area (Å²) >= 11 is 0. The van der Waals surface area contributed by atoms with E-state index in [9.17, 15) is 19.8 Å². The van der Waals surface area contributed by atoms with Gasteiger partial charge in [0.1, 0.15) is 22.8 Å². The molecule has 0 bridgehead atoms. The summed E-state index contributed by atoms with van der Waals surface area (Å²) in [6, 6.07) is 13.0. The van der Waals surface area contributed by atoms with Gasteiger partial charge in [0.2, 0.25) is 0 Å². The van der Waals surface area contributed by atoms with Crippen molar-refractivity contribution in [3.63, 3.8) is 0 Å². The van der Waals surface area contributed by atoms with E-state index in [0.717, 1.165) is 11.6 Å². The van der Waals surface area contributed by atoms with Gasteiger partial charge in [-0.15, -0.1) is 0 Å². The fourth-order valence-electron chi connectivity index (χ4n) is 2.93. The minimum atomic E-state index is -1.15. The van der Waals surface area contributed by atoms with E-state index in [0.29, 0.717) is 22.2 Å². The Hall–Kier alpha value is -3.74. The van der Waals surface area contributed by atoms with Gasteiger partial charge >= 0.3 is 5.97 Å². The summed E-state index contributed by atoms with van der Waals surface area (Å²) in [6.45, 7) is 3.28. The second-order valence-electron chi connectivity index (χ2n) is 6.58. The largest absolute Gasteiger partial charge is 0.507 e. The Morgan fingerprint density at radius 1 is 1.03 bits per heavy atom. The van der Waals surface area contributed by atoms with Gasteiger partial charge in [0.15, 0.2) is 6.10 Å². The van der Waals surface area contributed by atoms with E-state index < -0.39 is 18.0 Å². The smallest absolute Gasteiger partial charge is 0.342 e. The molecule has 0 aliphatic rings. The number of anilines is 1. The van der Waals surface area contributed by atoms with Gasteiger partial charge in [-0.1, -0.05) is 30.3 Å². The number of hydrogen-bond donors (Lipinski definition) is 3. The average molecular weight is 395 g/mol. The van der Waals surface area contributed by atoms with Crippen LogP contribution in [0.15, 0.2) is 48.5 Å². The Labute approximate surface area is 167 Å². The number of methoxy groups -OCH3 is 1. The van der Waals surface area contributed by atoms with Crippen LogP contribution < -0.4 is 10.1 Å². The average Bonchev–Trinajstić information content (AvgIpc) is 2.70. The molecule has 0 saturated heterocycles. The van der Waals surface area contributed by atoms with Crippen LogP contribution in [-0.4, -0.2) is 35.3 Å². The van der Waals surface area contributed by atoms with E-state index in [4.69, 9.17) is 9.47 Å². The van der Waals surface area contributed by atoms with E-state index in [2.05, 4.69) is 5.32 Å². The van der Waals surface area contributed by atoms with E-state index in [1.165, 1.54) is 14.0 Å². The zero-order chi connectivity index (χ0) is 21.1. The molecule has 0 unspecified atom stereocenters. The van der Waals surface area contributed by atoms with E-state index in [1.807, 2.05) is 13.0 Å². The lowest BCUT2D eigenvalue weighted by Crippen LogP contribution is -2.30. The molecule has 7 nitrogen and oxygen atoms in total. The Morgan fingerprint density at radius 3 is 2.41 bits per heavy atom. The maximum absolute atomic E-state index is 12.5. The van der Waals surface area contributed by atoms with Crippen molar-refractivity contribution in [2.45, 2.75) is 20.0 Å². The minimum absolute atomic E-state index is 0.174. The second kappa shape index (κ2) is 8.10. The molecule has 0 saturated carbocycles. The van der Waals surface area contributed by atoms with Gasteiger partial charge in [0.05, 0.1) is 12.8 Å². The van der Waals surface area contributed by atoms with Crippen LogP contribution in [0.5, 0.6) is 17.2 Å². The van der Waals surface area contributed by atoms with Crippen molar-refractivity contribution in [1.29, 1.82) is 0 Å². The summed E-state index contributed by atoms with van der Waals surface area (Å²) < 4.78 is 10.4. The SMILES string of the molecule is COc1ccc(C)cc1NC(=O)[C@H](C)OC(=O)c1cc(O)c2ccccc2c1O. The van der Waals surface area contributed by atoms with Crippen molar-refractivity contribution < 1.29 is 29.3 Å². The highest BCUT2D eigenvalue weighted by atomic mass is 16.5. The summed E-state index contributed by atoms with van der Waals surface area (Å²) in [7, 11) is 1.48. The molecule has 7 heteroatoms. The molecule has 29 heavy (non-hydrogen) atoms. The van der Waals surface area contributed by atoms with Crippen molar-refractivity contribution in [1.82, 2.24) is 0 Å². The minimum Gasteiger partial charge on any atom is -0.507 e. The molecule has 0 aromatic heterocycles. The first-order chi connectivity index (χ1) is 13.8. The van der Waals surface area contributed by atoms with Gasteiger partial charge in [-0.25, -0.2) is 4.79 Å². The zero-order valence-corrected chi connectivity index (χ0v) is 16.2. The molecule has 3 aromatic carbocycles. The molecular weight excluding hydrogens is 374 g/mol. The van der Waals surface area contributed by atoms with Crippen molar-refractivity contribution in [2.24, 2.45) is 0 Å². The zero-order valence-electron chi connectivity index (χ0n) is 16.2. The Morgan fingerprint density at radius 2 is 1.72 bits per heavy atom. The normalized spacial score (nSPS) is 11.7. The molecule has 3 N–H and O–H groups in total. The molecular formula is C22H21NO6. The molecule has 0 aliphatic carbocycles. The van der Waals surface area contributed by atoms with Gasteiger partial charge in [0, 0.05) is 10.8 Å². The van der Waals surface area contributed by atoms with Crippen molar-refractivity contribution >= 4 is 28.3 Å². The first-order valence-corrected chi connectivity index (χ1v) is 8.92. The fraction of sp³-hybridized carbons (Fsp3) is 0.182. The lowest BCUT2D eigenvalue weighted by Gasteiger charge is -2.16. The van der Waals surface area contributed by atoms with Crippen molar-refractivity contribution in [3.05, 3.63) is 59.7 Å². The van der Waals surface area contributed by atoms with Crippen molar-refractivity contribution in [3.8, 4) is 17.2 Å². The number of aromatic hydroxyl groups is 2. The molecule has 3 aromatic rings. The number of aryl methyl sites for hydroxylation is 1. The van der Waals surface area contributed by atoms with Crippen LogP contribution in [-0.2, 0) is 9.53 Å². The third-order valence-corrected chi connectivity index (χ3v) is 4.48. The van der Waals surface area contributed by atoms with Gasteiger partial charge < -0.3 is 25.0 Å². The number of benzene rings is 3. The fourth-order valence-corrected chi connectivity index (χ4v) is 2.93. The monoisotopic (exact) mass is 395 g/mol. The molecule has 0 radical (unpaired) electrons. The Balaban J connectivity index is 1.79. The highest BCUT2D eigenvalue weighted by Crippen LogP contribution is 2.35. The number of nitrogens with one attached hydrogen (secondary N) is 1. The Kier molecular flexibility index (Phi) is 5.59. The molecule has 0 aliphatic heterocycles. The number of carbonyl (C=O) groups excluding carboxylic acids is 2. The van der Waals surface area contributed by atoms with Crippen molar-refractivity contribution in [2.75, 3.05) is 12.4 Å². The standard InChI is InChI=1S/C22H21NO6/c1-12-8-9-19(28-3)17(10-12)23-21(26)13(2)29-22(27)16-11-18(24)14-6-4-5-7-15(14)20(16)25/h4-11,13,24-25H,1-3H3,(H,23,26)/t13-/m0/s1. The number of phenols is 2. The summed E-state index contributed by atoms with van der Waals surface area (Å²) in [4.78, 5) is 25.0. The number of fused-ring (bicyclic) bond motifs is 1. The number of esters is 1. The number of amides is 1. The van der Waals surface area contributed by atoms with Crippen LogP contribution in [0.25, 0.3) is 10.8 Å². The third kappa shape index (κ3) is 4.08. The summed E-state index contributed by atoms with van der Waals surface area (Å²) in [6.07, 6.45) is -1.15. The first kappa shape index (κ1) is 20.0. The van der Waals surface area contributed by atoms with Crippen LogP contribution in [0.1, 0.15) is 22.8 Å². The van der Waals surface area contributed by atoms with Crippen LogP contribution >= 0.6 is 0 Å². The number of hydrogen-bond acceptors (Lipinski definition) is 6. The van der Waals surface area contributed by atoms with E-state index >= 15 is 0 Å². The topological polar surface area (TPSA) is 105 Å². The highest BCUT2D eigenvalue weighted by Gasteiger charge is 2.24. The number of carbonyl (C=O) groups is 2. The maximum Gasteiger partial charge on any atom is 0.342 e. The van der Waals surface area contributed by atoms with Crippen LogP contribution in [0, 0.1) is 6.92 Å². The number of phenolic OH excluding ortho intramolecular Hbond substituents is 2. The molecule has 1 atom stereocenters. The third-order valence-electron chi connectivity index (χ3n) is 4.48. The quantitative estimate of drug-likeness (QED) is 0.449. The maximum atomic E-state index is 12.5. The van der Waals surface area contributed by atoms with E-state index in [-0.39, 0.29) is 17.1 Å². The lowest BCUT2D eigenvalue weighted by atomic mass is 10.0. The molecule has 0 heterocycles. The summed E-state index contributed by atoms with van der Waals surface area (Å²) in [5, 5.41) is 23.9. The Bertz CT molecular complexity index is 1090. The van der Waals surface area contributed by atoms with Crippen LogP contribution in [0.3, 0.4) is 0 Å². The van der Waals surface area contributed by atoms with Crippen LogP contribution in [0.4, 0.5) is 5.69 Å². The molecule has 0 fully saturated rings. The molecule has 1 amide bonds. The van der Waals surface area contributed by atoms with Gasteiger partial charge in [0.25, 0.3) is 5.91 Å². The van der Waals surface area contributed by atoms with Gasteiger partial charge in [-0.2, -0.15) is 0 Å². The predicted octanol–water partition coefficient (Wildman–Crippen LogP) is 3.75. The number of ether oxygens (including phenoxy) is 2. The predicted molar refractivity (Wildman–Crippen MR) is 109 cm³/mol. The summed E-state index contributed by atoms with van der Waals surface area (Å²) in [5.74, 6) is -1.52. The second-order valence-corrected chi connectivity index (χ2v) is 6.58. The lowest BCUT2D eigenvalue weighted by molar-refractivity contribution is -0.123. The van der Waals surface area contributed by atoms with E-state index in [1.54, 1.807) is 36.4 Å². The summed E-state index contributed by atoms with van der Waals surface area (Å²) in [5.41, 5.74) is 1.14. The highest BCUT2D eigenvalue weighted by molar-refractivity contribution is 6.05. The molecule has 3 rings (SSSR count). The van der Waals surface area contributed by atoms with Crippen LogP contribution in [0.2, 0.25) is 0 Å². The first-order valence-electron chi connectivity index (χ1n) is 8.92. The van der Waals surface area contributed by atoms with Gasteiger partial charge in [-0.3, -0.25) is 4.79 Å². The van der Waals surface area contributed by atoms with Gasteiger partial charge in [-0.05, 0) is 37.6 Å². The number of rotatable bonds is 5.